The number of fused-ring (bicyclic) bond motifs is 1. The van der Waals surface area contributed by atoms with Gasteiger partial charge in [-0.05, 0) is 94.4 Å². The molecule has 0 atom stereocenters. The van der Waals surface area contributed by atoms with E-state index in [1.54, 1.807) is 36.1 Å². The number of benzene rings is 2. The van der Waals surface area contributed by atoms with E-state index in [4.69, 9.17) is 0 Å². The molecule has 0 spiro atoms. The Kier molecular flexibility index (Phi) is 7.58. The van der Waals surface area contributed by atoms with Crippen LogP contribution in [-0.4, -0.2) is 59.1 Å². The van der Waals surface area contributed by atoms with Crippen LogP contribution in [-0.2, 0) is 0 Å². The zero-order chi connectivity index (χ0) is 28.3. The summed E-state index contributed by atoms with van der Waals surface area (Å²) in [5.41, 5.74) is 3.88. The molecule has 0 bridgehead atoms. The molecule has 0 saturated carbocycles. The van der Waals surface area contributed by atoms with Crippen LogP contribution < -0.4 is 15.5 Å². The molecule has 40 heavy (non-hydrogen) atoms. The molecule has 0 aliphatic carbocycles. The van der Waals surface area contributed by atoms with Crippen LogP contribution in [0.25, 0.3) is 10.9 Å². The quantitative estimate of drug-likeness (QED) is 0.332. The zero-order valence-electron chi connectivity index (χ0n) is 23.4. The van der Waals surface area contributed by atoms with Gasteiger partial charge in [0, 0.05) is 60.4 Å². The molecule has 0 unspecified atom stereocenters. The second-order valence-electron chi connectivity index (χ2n) is 10.5. The summed E-state index contributed by atoms with van der Waals surface area (Å²) in [6.07, 6.45) is 5.88. The van der Waals surface area contributed by atoms with Crippen molar-refractivity contribution < 1.29 is 9.59 Å². The van der Waals surface area contributed by atoms with Gasteiger partial charge in [0.05, 0.1) is 11.1 Å². The topological polar surface area (TPSA) is 82.5 Å². The van der Waals surface area contributed by atoms with E-state index < -0.39 is 0 Å². The fourth-order valence-electron chi connectivity index (χ4n) is 4.96. The molecule has 1 aliphatic heterocycles. The van der Waals surface area contributed by atoms with Crippen molar-refractivity contribution in [2.45, 2.75) is 32.2 Å². The fraction of sp³-hybridized carbons (Fsp3) is 0.281. The number of nitrogens with one attached hydrogen (secondary N) is 2. The minimum Gasteiger partial charge on any atom is -0.344 e. The van der Waals surface area contributed by atoms with Crippen LogP contribution >= 0.6 is 0 Å². The van der Waals surface area contributed by atoms with E-state index in [1.165, 1.54) is 12.8 Å². The van der Waals surface area contributed by atoms with E-state index in [-0.39, 0.29) is 17.5 Å². The predicted octanol–water partition coefficient (Wildman–Crippen LogP) is 5.47. The Balaban J connectivity index is 1.26. The molecule has 8 heteroatoms. The van der Waals surface area contributed by atoms with Gasteiger partial charge in [0.25, 0.3) is 5.91 Å². The average Bonchev–Trinajstić information content (AvgIpc) is 3.67. The lowest BCUT2D eigenvalue weighted by Crippen LogP contribution is -2.40. The summed E-state index contributed by atoms with van der Waals surface area (Å²) in [4.78, 5) is 33.8. The van der Waals surface area contributed by atoms with Crippen molar-refractivity contribution in [3.05, 3.63) is 84.2 Å². The van der Waals surface area contributed by atoms with Gasteiger partial charge in [0.2, 0.25) is 0 Å². The maximum atomic E-state index is 13.0. The third kappa shape index (κ3) is 5.70. The number of carbonyl (C=O) groups is 2. The van der Waals surface area contributed by atoms with E-state index in [2.05, 4.69) is 46.2 Å². The standard InChI is InChI=1S/C32H34N6O2/c1-32(2,37-18-5-6-19-37)16-13-23-7-9-24(10-8-23)30(39)35-29-22-27(14-17-34-29)36(4)26-11-12-28-25(21-26)15-20-38(28)31(40)33-3/h7-12,14-15,17,20-22H,5-6,18-19H2,1-4H3,(H,33,40)(H,34,35,39). The van der Waals surface area contributed by atoms with Crippen molar-refractivity contribution in [3.8, 4) is 11.8 Å². The maximum absolute atomic E-state index is 13.0. The molecule has 204 valence electrons. The number of likely N-dealkylation sites (tertiary alicyclic amines) is 1. The van der Waals surface area contributed by atoms with Gasteiger partial charge in [-0.25, -0.2) is 9.78 Å². The van der Waals surface area contributed by atoms with Crippen LogP contribution in [0.5, 0.6) is 0 Å². The van der Waals surface area contributed by atoms with Crippen molar-refractivity contribution in [1.29, 1.82) is 0 Å². The monoisotopic (exact) mass is 534 g/mol. The molecule has 0 radical (unpaired) electrons. The number of amides is 2. The Labute approximate surface area is 235 Å². The molecule has 1 saturated heterocycles. The number of carbonyl (C=O) groups excluding carboxylic acids is 2. The highest BCUT2D eigenvalue weighted by molar-refractivity contribution is 6.04. The van der Waals surface area contributed by atoms with Gasteiger partial charge in [0.1, 0.15) is 5.82 Å². The van der Waals surface area contributed by atoms with Crippen LogP contribution in [0.15, 0.2) is 73.1 Å². The molecule has 4 aromatic rings. The molecule has 1 aliphatic rings. The Morgan fingerprint density at radius 1 is 0.975 bits per heavy atom. The summed E-state index contributed by atoms with van der Waals surface area (Å²) >= 11 is 0. The summed E-state index contributed by atoms with van der Waals surface area (Å²) < 4.78 is 1.58. The van der Waals surface area contributed by atoms with E-state index in [0.29, 0.717) is 11.4 Å². The minimum atomic E-state index is -0.235. The van der Waals surface area contributed by atoms with Crippen molar-refractivity contribution in [3.63, 3.8) is 0 Å². The Morgan fingerprint density at radius 3 is 2.42 bits per heavy atom. The number of anilines is 3. The van der Waals surface area contributed by atoms with Gasteiger partial charge in [-0.2, -0.15) is 0 Å². The van der Waals surface area contributed by atoms with Crippen LogP contribution in [0.1, 0.15) is 42.6 Å². The second-order valence-corrected chi connectivity index (χ2v) is 10.5. The summed E-state index contributed by atoms with van der Waals surface area (Å²) in [6.45, 7) is 6.50. The van der Waals surface area contributed by atoms with Crippen LogP contribution in [0.2, 0.25) is 0 Å². The first-order valence-electron chi connectivity index (χ1n) is 13.5. The molecule has 3 heterocycles. The molecule has 2 aromatic heterocycles. The van der Waals surface area contributed by atoms with Gasteiger partial charge < -0.3 is 15.5 Å². The van der Waals surface area contributed by atoms with E-state index in [0.717, 1.165) is 40.9 Å². The fourth-order valence-corrected chi connectivity index (χ4v) is 4.96. The summed E-state index contributed by atoms with van der Waals surface area (Å²) in [5, 5.41) is 6.49. The second kappa shape index (κ2) is 11.2. The van der Waals surface area contributed by atoms with Crippen molar-refractivity contribution in [1.82, 2.24) is 19.8 Å². The largest absolute Gasteiger partial charge is 0.344 e. The van der Waals surface area contributed by atoms with Gasteiger partial charge in [-0.15, -0.1) is 0 Å². The van der Waals surface area contributed by atoms with Gasteiger partial charge in [-0.1, -0.05) is 11.8 Å². The molecule has 2 amide bonds. The first-order chi connectivity index (χ1) is 19.2. The average molecular weight is 535 g/mol. The summed E-state index contributed by atoms with van der Waals surface area (Å²) in [6, 6.07) is 18.7. The van der Waals surface area contributed by atoms with Gasteiger partial charge in [-0.3, -0.25) is 14.3 Å². The summed E-state index contributed by atoms with van der Waals surface area (Å²) in [7, 11) is 3.56. The molecule has 2 N–H and O–H groups in total. The number of nitrogens with zero attached hydrogens (tertiary/aromatic N) is 4. The lowest BCUT2D eigenvalue weighted by Gasteiger charge is -2.30. The van der Waals surface area contributed by atoms with E-state index >= 15 is 0 Å². The highest BCUT2D eigenvalue weighted by Gasteiger charge is 2.26. The smallest absolute Gasteiger partial charge is 0.325 e. The van der Waals surface area contributed by atoms with Crippen molar-refractivity contribution in [2.75, 3.05) is 37.4 Å². The van der Waals surface area contributed by atoms with Gasteiger partial charge >= 0.3 is 6.03 Å². The van der Waals surface area contributed by atoms with E-state index in [1.807, 2.05) is 60.5 Å². The van der Waals surface area contributed by atoms with Crippen LogP contribution in [0.3, 0.4) is 0 Å². The van der Waals surface area contributed by atoms with Crippen molar-refractivity contribution >= 4 is 40.0 Å². The first kappa shape index (κ1) is 27.0. The van der Waals surface area contributed by atoms with Crippen LogP contribution in [0, 0.1) is 11.8 Å². The lowest BCUT2D eigenvalue weighted by molar-refractivity contribution is 0.102. The molecule has 8 nitrogen and oxygen atoms in total. The zero-order valence-corrected chi connectivity index (χ0v) is 23.4. The number of hydrogen-bond acceptors (Lipinski definition) is 5. The maximum Gasteiger partial charge on any atom is 0.325 e. The Morgan fingerprint density at radius 2 is 1.70 bits per heavy atom. The molecular formula is C32H34N6O2. The molecule has 5 rings (SSSR count). The number of hydrogen-bond donors (Lipinski definition) is 2. The Hall–Kier alpha value is -4.61. The van der Waals surface area contributed by atoms with E-state index in [9.17, 15) is 9.59 Å². The first-order valence-corrected chi connectivity index (χ1v) is 13.5. The minimum absolute atomic E-state index is 0.168. The highest BCUT2D eigenvalue weighted by atomic mass is 16.2. The third-order valence-corrected chi connectivity index (χ3v) is 7.42. The normalized spacial score (nSPS) is 13.5. The van der Waals surface area contributed by atoms with Crippen LogP contribution in [0.4, 0.5) is 22.0 Å². The number of pyridine rings is 1. The molecular weight excluding hydrogens is 500 g/mol. The SMILES string of the molecule is CNC(=O)n1ccc2cc(N(C)c3ccnc(NC(=O)c4ccc(C#CC(C)(C)N5CCCC5)cc4)c3)ccc21. The van der Waals surface area contributed by atoms with Crippen molar-refractivity contribution in [2.24, 2.45) is 0 Å². The number of aromatic nitrogens is 2. The Bertz CT molecular complexity index is 1600. The lowest BCUT2D eigenvalue weighted by atomic mass is 10.0. The summed E-state index contributed by atoms with van der Waals surface area (Å²) in [5.74, 6) is 6.89. The third-order valence-electron chi connectivity index (χ3n) is 7.42. The predicted molar refractivity (Wildman–Crippen MR) is 160 cm³/mol. The molecule has 1 fully saturated rings. The van der Waals surface area contributed by atoms with Gasteiger partial charge in [0.15, 0.2) is 0 Å². The molecule has 2 aromatic carbocycles. The number of rotatable bonds is 5. The highest BCUT2D eigenvalue weighted by Crippen LogP contribution is 2.29.